The zero-order valence-corrected chi connectivity index (χ0v) is 12.0. The van der Waals surface area contributed by atoms with Gasteiger partial charge in [-0.1, -0.05) is 6.07 Å². The summed E-state index contributed by atoms with van der Waals surface area (Å²) in [5.41, 5.74) is 1.24. The third-order valence-electron chi connectivity index (χ3n) is 3.60. The summed E-state index contributed by atoms with van der Waals surface area (Å²) in [6, 6.07) is 4.08. The predicted molar refractivity (Wildman–Crippen MR) is 75.6 cm³/mol. The summed E-state index contributed by atoms with van der Waals surface area (Å²) in [7, 11) is 3.31. The second-order valence-corrected chi connectivity index (χ2v) is 4.68. The summed E-state index contributed by atoms with van der Waals surface area (Å²) < 4.78 is 16.7. The highest BCUT2D eigenvalue weighted by atomic mass is 16.5. The molecular weight excluding hydrogens is 242 g/mol. The average Bonchev–Trinajstić information content (AvgIpc) is 2.48. The van der Waals surface area contributed by atoms with E-state index in [1.807, 2.05) is 13.0 Å². The van der Waals surface area contributed by atoms with Crippen molar-refractivity contribution in [1.29, 1.82) is 0 Å². The zero-order chi connectivity index (χ0) is 13.7. The van der Waals surface area contributed by atoms with Gasteiger partial charge in [-0.3, -0.25) is 0 Å². The lowest BCUT2D eigenvalue weighted by molar-refractivity contribution is 0.289. The van der Waals surface area contributed by atoms with Gasteiger partial charge in [0.2, 0.25) is 5.75 Å². The van der Waals surface area contributed by atoms with Crippen molar-refractivity contribution >= 4 is 0 Å². The number of benzene rings is 1. The van der Waals surface area contributed by atoms with Crippen molar-refractivity contribution in [2.75, 3.05) is 33.9 Å². The second-order valence-electron chi connectivity index (χ2n) is 4.68. The molecule has 1 aromatic rings. The van der Waals surface area contributed by atoms with Gasteiger partial charge in [-0.15, -0.1) is 0 Å². The summed E-state index contributed by atoms with van der Waals surface area (Å²) in [6.45, 7) is 4.74. The first-order valence-electron chi connectivity index (χ1n) is 6.90. The highest BCUT2D eigenvalue weighted by Crippen LogP contribution is 2.44. The molecule has 1 aliphatic rings. The van der Waals surface area contributed by atoms with Gasteiger partial charge in [0.05, 0.1) is 20.8 Å². The van der Waals surface area contributed by atoms with E-state index in [4.69, 9.17) is 14.2 Å². The summed E-state index contributed by atoms with van der Waals surface area (Å²) in [5, 5.41) is 3.39. The molecule has 0 bridgehead atoms. The van der Waals surface area contributed by atoms with Gasteiger partial charge in [-0.05, 0) is 44.8 Å². The van der Waals surface area contributed by atoms with Crippen LogP contribution >= 0.6 is 0 Å². The molecule has 4 nitrogen and oxygen atoms in total. The monoisotopic (exact) mass is 265 g/mol. The Morgan fingerprint density at radius 3 is 2.42 bits per heavy atom. The van der Waals surface area contributed by atoms with Crippen LogP contribution < -0.4 is 19.5 Å². The Bertz CT molecular complexity index is 414. The SMILES string of the molecule is CCOc1c(C2CCNCC2)ccc(OC)c1OC. The molecule has 1 aromatic carbocycles. The average molecular weight is 265 g/mol. The third kappa shape index (κ3) is 2.95. The molecule has 0 spiro atoms. The van der Waals surface area contributed by atoms with Crippen molar-refractivity contribution in [2.24, 2.45) is 0 Å². The molecule has 0 radical (unpaired) electrons. The Morgan fingerprint density at radius 1 is 1.11 bits per heavy atom. The standard InChI is InChI=1S/C15H23NO3/c1-4-19-14-12(11-7-9-16-10-8-11)5-6-13(17-2)15(14)18-3/h5-6,11,16H,4,7-10H2,1-3H3. The molecule has 0 unspecified atom stereocenters. The Kier molecular flexibility index (Phi) is 4.91. The van der Waals surface area contributed by atoms with Crippen LogP contribution in [0.1, 0.15) is 31.2 Å². The summed E-state index contributed by atoms with van der Waals surface area (Å²) in [6.07, 6.45) is 2.27. The lowest BCUT2D eigenvalue weighted by atomic mass is 9.89. The van der Waals surface area contributed by atoms with Crippen molar-refractivity contribution < 1.29 is 14.2 Å². The molecule has 1 N–H and O–H groups in total. The maximum Gasteiger partial charge on any atom is 0.203 e. The van der Waals surface area contributed by atoms with Crippen LogP contribution in [0.4, 0.5) is 0 Å². The van der Waals surface area contributed by atoms with Gasteiger partial charge in [0, 0.05) is 5.56 Å². The first-order chi connectivity index (χ1) is 9.31. The molecule has 1 aliphatic heterocycles. The highest BCUT2D eigenvalue weighted by molar-refractivity contribution is 5.57. The number of hydrogen-bond acceptors (Lipinski definition) is 4. The van der Waals surface area contributed by atoms with Gasteiger partial charge >= 0.3 is 0 Å². The van der Waals surface area contributed by atoms with E-state index in [1.165, 1.54) is 5.56 Å². The van der Waals surface area contributed by atoms with Crippen LogP contribution in [0, 0.1) is 0 Å². The molecule has 0 amide bonds. The predicted octanol–water partition coefficient (Wildman–Crippen LogP) is 2.57. The smallest absolute Gasteiger partial charge is 0.203 e. The largest absolute Gasteiger partial charge is 0.493 e. The molecule has 1 fully saturated rings. The van der Waals surface area contributed by atoms with E-state index < -0.39 is 0 Å². The maximum absolute atomic E-state index is 5.83. The van der Waals surface area contributed by atoms with E-state index in [-0.39, 0.29) is 0 Å². The summed E-state index contributed by atoms with van der Waals surface area (Å²) in [4.78, 5) is 0. The molecule has 19 heavy (non-hydrogen) atoms. The fourth-order valence-electron chi connectivity index (χ4n) is 2.66. The molecule has 1 heterocycles. The molecule has 1 saturated heterocycles. The third-order valence-corrected chi connectivity index (χ3v) is 3.60. The van der Waals surface area contributed by atoms with E-state index in [9.17, 15) is 0 Å². The summed E-state index contributed by atoms with van der Waals surface area (Å²) in [5.74, 6) is 2.81. The highest BCUT2D eigenvalue weighted by Gasteiger charge is 2.23. The minimum absolute atomic E-state index is 0.530. The van der Waals surface area contributed by atoms with Crippen LogP contribution in [-0.2, 0) is 0 Å². The van der Waals surface area contributed by atoms with Crippen LogP contribution in [0.25, 0.3) is 0 Å². The first kappa shape index (κ1) is 14.0. The molecule has 0 saturated carbocycles. The first-order valence-corrected chi connectivity index (χ1v) is 6.90. The number of piperidine rings is 1. The number of rotatable bonds is 5. The molecule has 2 rings (SSSR count). The van der Waals surface area contributed by atoms with Crippen molar-refractivity contribution in [3.8, 4) is 17.2 Å². The van der Waals surface area contributed by atoms with Gasteiger partial charge in [-0.2, -0.15) is 0 Å². The summed E-state index contributed by atoms with van der Waals surface area (Å²) >= 11 is 0. The van der Waals surface area contributed by atoms with Crippen LogP contribution in [0.15, 0.2) is 12.1 Å². The van der Waals surface area contributed by atoms with Crippen LogP contribution in [-0.4, -0.2) is 33.9 Å². The Hall–Kier alpha value is -1.42. The number of ether oxygens (including phenoxy) is 3. The van der Waals surface area contributed by atoms with E-state index in [1.54, 1.807) is 14.2 Å². The van der Waals surface area contributed by atoms with E-state index >= 15 is 0 Å². The van der Waals surface area contributed by atoms with Crippen LogP contribution in [0.3, 0.4) is 0 Å². The van der Waals surface area contributed by atoms with E-state index in [0.29, 0.717) is 18.3 Å². The zero-order valence-electron chi connectivity index (χ0n) is 12.0. The molecule has 4 heteroatoms. The lowest BCUT2D eigenvalue weighted by Crippen LogP contribution is -2.27. The fourth-order valence-corrected chi connectivity index (χ4v) is 2.66. The van der Waals surface area contributed by atoms with Gasteiger partial charge < -0.3 is 19.5 Å². The Balaban J connectivity index is 2.40. The number of hydrogen-bond donors (Lipinski definition) is 1. The van der Waals surface area contributed by atoms with E-state index in [2.05, 4.69) is 11.4 Å². The Morgan fingerprint density at radius 2 is 1.84 bits per heavy atom. The van der Waals surface area contributed by atoms with E-state index in [0.717, 1.165) is 37.4 Å². The molecule has 0 aliphatic carbocycles. The quantitative estimate of drug-likeness (QED) is 0.888. The van der Waals surface area contributed by atoms with Crippen molar-refractivity contribution in [3.05, 3.63) is 17.7 Å². The minimum atomic E-state index is 0.530. The van der Waals surface area contributed by atoms with Crippen LogP contribution in [0.2, 0.25) is 0 Å². The van der Waals surface area contributed by atoms with Gasteiger partial charge in [-0.25, -0.2) is 0 Å². The normalized spacial score (nSPS) is 16.2. The second kappa shape index (κ2) is 6.66. The molecule has 106 valence electrons. The van der Waals surface area contributed by atoms with Gasteiger partial charge in [0.15, 0.2) is 11.5 Å². The maximum atomic E-state index is 5.83. The van der Waals surface area contributed by atoms with Crippen molar-refractivity contribution in [1.82, 2.24) is 5.32 Å². The van der Waals surface area contributed by atoms with Crippen molar-refractivity contribution in [2.45, 2.75) is 25.7 Å². The lowest BCUT2D eigenvalue weighted by Gasteiger charge is -2.26. The molecular formula is C15H23NO3. The number of nitrogens with one attached hydrogen (secondary N) is 1. The van der Waals surface area contributed by atoms with Crippen molar-refractivity contribution in [3.63, 3.8) is 0 Å². The van der Waals surface area contributed by atoms with Gasteiger partial charge in [0.1, 0.15) is 0 Å². The number of methoxy groups -OCH3 is 2. The van der Waals surface area contributed by atoms with Gasteiger partial charge in [0.25, 0.3) is 0 Å². The fraction of sp³-hybridized carbons (Fsp3) is 0.600. The Labute approximate surface area is 115 Å². The molecule has 0 aromatic heterocycles. The van der Waals surface area contributed by atoms with Crippen LogP contribution in [0.5, 0.6) is 17.2 Å². The topological polar surface area (TPSA) is 39.7 Å². The molecule has 0 atom stereocenters. The minimum Gasteiger partial charge on any atom is -0.493 e.